The van der Waals surface area contributed by atoms with Crippen LogP contribution < -0.4 is 4.90 Å². The van der Waals surface area contributed by atoms with Gasteiger partial charge in [0.2, 0.25) is 0 Å². The van der Waals surface area contributed by atoms with Gasteiger partial charge in [-0.3, -0.25) is 0 Å². The van der Waals surface area contributed by atoms with E-state index >= 15 is 0 Å². The predicted octanol–water partition coefficient (Wildman–Crippen LogP) is 14.0. The van der Waals surface area contributed by atoms with Crippen molar-refractivity contribution >= 4 is 27.8 Å². The first-order valence-electron chi connectivity index (χ1n) is 18.8. The van der Waals surface area contributed by atoms with Crippen molar-refractivity contribution in [1.29, 1.82) is 0 Å². The van der Waals surface area contributed by atoms with Crippen molar-refractivity contribution in [1.82, 2.24) is 0 Å². The van der Waals surface area contributed by atoms with E-state index in [9.17, 15) is 0 Å². The molecule has 1 nitrogen and oxygen atoms in total. The second-order valence-corrected chi connectivity index (χ2v) is 14.4. The van der Waals surface area contributed by atoms with Gasteiger partial charge in [0.1, 0.15) is 0 Å². The fourth-order valence-electron chi connectivity index (χ4n) is 9.53. The average molecular weight is 686 g/mol. The molecule has 0 atom stereocenters. The second kappa shape index (κ2) is 12.0. The van der Waals surface area contributed by atoms with Gasteiger partial charge in [0.05, 0.1) is 11.1 Å². The maximum atomic E-state index is 2.45. The number of benzene rings is 9. The average Bonchev–Trinajstić information content (AvgIpc) is 3.72. The molecule has 1 spiro atoms. The summed E-state index contributed by atoms with van der Waals surface area (Å²) in [5.41, 5.74) is 18.5. The molecule has 2 aliphatic carbocycles. The Bertz CT molecular complexity index is 2820. The third-order valence-corrected chi connectivity index (χ3v) is 11.7. The zero-order chi connectivity index (χ0) is 35.6. The van der Waals surface area contributed by atoms with E-state index in [1.54, 1.807) is 0 Å². The molecule has 252 valence electrons. The van der Waals surface area contributed by atoms with Crippen LogP contribution in [0.2, 0.25) is 0 Å². The molecule has 11 rings (SSSR count). The molecule has 0 radical (unpaired) electrons. The molecule has 0 saturated heterocycles. The van der Waals surface area contributed by atoms with E-state index in [0.29, 0.717) is 0 Å². The first-order chi connectivity index (χ1) is 26.8. The van der Waals surface area contributed by atoms with Crippen LogP contribution in [0.25, 0.3) is 55.3 Å². The van der Waals surface area contributed by atoms with E-state index in [0.717, 1.165) is 11.4 Å². The van der Waals surface area contributed by atoms with Crippen LogP contribution in [-0.4, -0.2) is 0 Å². The highest BCUT2D eigenvalue weighted by Gasteiger charge is 2.52. The van der Waals surface area contributed by atoms with Crippen molar-refractivity contribution in [2.45, 2.75) is 5.41 Å². The van der Waals surface area contributed by atoms with E-state index in [4.69, 9.17) is 0 Å². The molecule has 9 aromatic rings. The maximum Gasteiger partial charge on any atom is 0.0726 e. The Balaban J connectivity index is 1.12. The molecular weight excluding hydrogens is 651 g/mol. The smallest absolute Gasteiger partial charge is 0.0726 e. The van der Waals surface area contributed by atoms with Crippen LogP contribution >= 0.6 is 0 Å². The molecular formula is C53H35N. The first kappa shape index (κ1) is 30.6. The molecule has 0 fully saturated rings. The molecule has 0 aromatic heterocycles. The van der Waals surface area contributed by atoms with Crippen LogP contribution in [0.5, 0.6) is 0 Å². The number of hydrogen-bond acceptors (Lipinski definition) is 1. The van der Waals surface area contributed by atoms with Crippen molar-refractivity contribution in [2.75, 3.05) is 4.90 Å². The number of anilines is 3. The topological polar surface area (TPSA) is 3.24 Å². The SMILES string of the molecule is c1ccc(-c2c(-c3ccc(N(c4ccccc4)c4cccc5c4-c4ccccc4C54c5ccccc5-c5ccccc54)cc3)ccc3ccccc23)cc1. The summed E-state index contributed by atoms with van der Waals surface area (Å²) in [6.45, 7) is 0. The molecule has 1 heteroatoms. The van der Waals surface area contributed by atoms with Crippen molar-refractivity contribution < 1.29 is 0 Å². The Labute approximate surface area is 316 Å². The monoisotopic (exact) mass is 685 g/mol. The van der Waals surface area contributed by atoms with Gasteiger partial charge in [-0.1, -0.05) is 182 Å². The third-order valence-electron chi connectivity index (χ3n) is 11.7. The van der Waals surface area contributed by atoms with Gasteiger partial charge in [0.25, 0.3) is 0 Å². The molecule has 0 amide bonds. The van der Waals surface area contributed by atoms with Crippen molar-refractivity contribution in [3.8, 4) is 44.5 Å². The van der Waals surface area contributed by atoms with Gasteiger partial charge < -0.3 is 4.90 Å². The standard InChI is InChI=1S/C53H35N/c1-3-17-38(18-4-1)51-41-21-8-7-16-36(41)32-35-42(51)37-30-33-40(34-31-37)54(39-19-5-2-6-20-39)50-29-15-28-49-52(50)45-24-11-14-27-48(45)53(49)46-25-12-9-22-43(46)44-23-10-13-26-47(44)53/h1-35H. The molecule has 0 bridgehead atoms. The van der Waals surface area contributed by atoms with Crippen molar-refractivity contribution in [3.63, 3.8) is 0 Å². The summed E-state index contributed by atoms with van der Waals surface area (Å²) < 4.78 is 0. The van der Waals surface area contributed by atoms with Gasteiger partial charge in [-0.25, -0.2) is 0 Å². The highest BCUT2D eigenvalue weighted by Crippen LogP contribution is 2.64. The second-order valence-electron chi connectivity index (χ2n) is 14.4. The highest BCUT2D eigenvalue weighted by molar-refractivity contribution is 6.05. The van der Waals surface area contributed by atoms with Crippen LogP contribution in [0.3, 0.4) is 0 Å². The first-order valence-corrected chi connectivity index (χ1v) is 18.8. The van der Waals surface area contributed by atoms with E-state index in [2.05, 4.69) is 217 Å². The lowest BCUT2D eigenvalue weighted by Gasteiger charge is -2.31. The zero-order valence-electron chi connectivity index (χ0n) is 29.7. The number of hydrogen-bond donors (Lipinski definition) is 0. The third kappa shape index (κ3) is 4.33. The van der Waals surface area contributed by atoms with Crippen molar-refractivity contribution in [2.24, 2.45) is 0 Å². The fourth-order valence-corrected chi connectivity index (χ4v) is 9.53. The largest absolute Gasteiger partial charge is 0.310 e. The quantitative estimate of drug-likeness (QED) is 0.174. The molecule has 0 N–H and O–H groups in total. The van der Waals surface area contributed by atoms with Gasteiger partial charge in [-0.05, 0) is 102 Å². The lowest BCUT2D eigenvalue weighted by molar-refractivity contribution is 0.794. The fraction of sp³-hybridized carbons (Fsp3) is 0.0189. The van der Waals surface area contributed by atoms with E-state index in [1.807, 2.05) is 0 Å². The van der Waals surface area contributed by atoms with Gasteiger partial charge in [-0.2, -0.15) is 0 Å². The minimum Gasteiger partial charge on any atom is -0.310 e. The lowest BCUT2D eigenvalue weighted by Crippen LogP contribution is -2.26. The summed E-state index contributed by atoms with van der Waals surface area (Å²) in [5, 5.41) is 2.51. The summed E-state index contributed by atoms with van der Waals surface area (Å²) in [6, 6.07) is 78.1. The maximum absolute atomic E-state index is 2.45. The van der Waals surface area contributed by atoms with Gasteiger partial charge in [0, 0.05) is 16.9 Å². The summed E-state index contributed by atoms with van der Waals surface area (Å²) >= 11 is 0. The van der Waals surface area contributed by atoms with Crippen LogP contribution in [0.4, 0.5) is 17.1 Å². The summed E-state index contributed by atoms with van der Waals surface area (Å²) in [7, 11) is 0. The van der Waals surface area contributed by atoms with E-state index in [-0.39, 0.29) is 0 Å². The number of fused-ring (bicyclic) bond motifs is 11. The van der Waals surface area contributed by atoms with Crippen LogP contribution in [-0.2, 0) is 5.41 Å². The zero-order valence-corrected chi connectivity index (χ0v) is 29.7. The molecule has 2 aliphatic rings. The Morgan fingerprint density at radius 1 is 0.296 bits per heavy atom. The van der Waals surface area contributed by atoms with Crippen molar-refractivity contribution in [3.05, 3.63) is 235 Å². The van der Waals surface area contributed by atoms with Gasteiger partial charge in [0.15, 0.2) is 0 Å². The number of nitrogens with zero attached hydrogens (tertiary/aromatic N) is 1. The summed E-state index contributed by atoms with van der Waals surface area (Å²) in [6.07, 6.45) is 0. The van der Waals surface area contributed by atoms with Gasteiger partial charge in [-0.15, -0.1) is 0 Å². The summed E-state index contributed by atoms with van der Waals surface area (Å²) in [4.78, 5) is 2.45. The van der Waals surface area contributed by atoms with Crippen LogP contribution in [0.15, 0.2) is 212 Å². The summed E-state index contributed by atoms with van der Waals surface area (Å²) in [5.74, 6) is 0. The predicted molar refractivity (Wildman–Crippen MR) is 226 cm³/mol. The molecule has 0 saturated carbocycles. The highest BCUT2D eigenvalue weighted by atomic mass is 15.1. The molecule has 54 heavy (non-hydrogen) atoms. The lowest BCUT2D eigenvalue weighted by atomic mass is 9.70. The minimum atomic E-state index is -0.398. The minimum absolute atomic E-state index is 0.398. The Kier molecular flexibility index (Phi) is 6.84. The Morgan fingerprint density at radius 2 is 0.833 bits per heavy atom. The van der Waals surface area contributed by atoms with Crippen LogP contribution in [0, 0.1) is 0 Å². The molecule has 9 aromatic carbocycles. The van der Waals surface area contributed by atoms with E-state index in [1.165, 1.54) is 83.2 Å². The molecule has 0 aliphatic heterocycles. The van der Waals surface area contributed by atoms with Crippen LogP contribution in [0.1, 0.15) is 22.3 Å². The molecule has 0 heterocycles. The van der Waals surface area contributed by atoms with Gasteiger partial charge >= 0.3 is 0 Å². The number of rotatable bonds is 5. The van der Waals surface area contributed by atoms with E-state index < -0.39 is 5.41 Å². The normalized spacial score (nSPS) is 13.0. The Morgan fingerprint density at radius 3 is 1.54 bits per heavy atom. The Hall–Kier alpha value is -6.96. The molecule has 0 unspecified atom stereocenters. The number of para-hydroxylation sites is 1.